The highest BCUT2D eigenvalue weighted by Gasteiger charge is 2.26. The number of nitrogens with zero attached hydrogens (tertiary/aromatic N) is 3. The Morgan fingerprint density at radius 3 is 2.46 bits per heavy atom. The number of rotatable bonds is 6. The number of anilines is 2. The molecule has 132 valence electrons. The molecule has 9 heteroatoms. The molecule has 1 aromatic heterocycles. The summed E-state index contributed by atoms with van der Waals surface area (Å²) in [4.78, 5) is 18.5. The van der Waals surface area contributed by atoms with Gasteiger partial charge in [0.05, 0.1) is 17.7 Å². The van der Waals surface area contributed by atoms with Gasteiger partial charge < -0.3 is 14.8 Å². The van der Waals surface area contributed by atoms with E-state index in [4.69, 9.17) is 9.47 Å². The molecule has 0 saturated heterocycles. The zero-order valence-electron chi connectivity index (χ0n) is 13.5. The number of hydrogen-bond donors (Lipinski definition) is 1. The zero-order valence-corrected chi connectivity index (χ0v) is 13.5. The van der Waals surface area contributed by atoms with Gasteiger partial charge in [-0.05, 0) is 24.3 Å². The van der Waals surface area contributed by atoms with Gasteiger partial charge in [-0.25, -0.2) is 9.37 Å². The maximum Gasteiger partial charge on any atom is 0.373 e. The molecule has 8 nitrogen and oxygen atoms in total. The van der Waals surface area contributed by atoms with Gasteiger partial charge in [-0.2, -0.15) is 4.98 Å². The van der Waals surface area contributed by atoms with Crippen molar-refractivity contribution in [2.24, 2.45) is 0 Å². The van der Waals surface area contributed by atoms with Crippen LogP contribution in [0.4, 0.5) is 21.6 Å². The van der Waals surface area contributed by atoms with Crippen LogP contribution in [0, 0.1) is 15.9 Å². The molecule has 26 heavy (non-hydrogen) atoms. The van der Waals surface area contributed by atoms with Crippen LogP contribution in [0.1, 0.15) is 0 Å². The van der Waals surface area contributed by atoms with Crippen molar-refractivity contribution >= 4 is 17.2 Å². The van der Waals surface area contributed by atoms with Crippen molar-refractivity contribution in [3.63, 3.8) is 0 Å². The van der Waals surface area contributed by atoms with Gasteiger partial charge in [-0.1, -0.05) is 24.3 Å². The van der Waals surface area contributed by atoms with Crippen LogP contribution in [-0.4, -0.2) is 22.0 Å². The van der Waals surface area contributed by atoms with E-state index in [0.29, 0.717) is 5.75 Å². The minimum Gasteiger partial charge on any atom is -0.493 e. The van der Waals surface area contributed by atoms with Crippen LogP contribution in [0.25, 0.3) is 0 Å². The third-order valence-electron chi connectivity index (χ3n) is 3.37. The average Bonchev–Trinajstić information content (AvgIpc) is 2.64. The molecule has 3 aromatic rings. The van der Waals surface area contributed by atoms with Crippen molar-refractivity contribution in [3.8, 4) is 17.4 Å². The van der Waals surface area contributed by atoms with Gasteiger partial charge in [-0.3, -0.25) is 10.1 Å². The minimum absolute atomic E-state index is 0.0394. The Hall–Kier alpha value is -3.75. The Kier molecular flexibility index (Phi) is 4.88. The van der Waals surface area contributed by atoms with Gasteiger partial charge in [0, 0.05) is 0 Å². The standard InChI is InChI=1S/C17H13FN4O4/c1-25-13-8-4-5-9-14(13)26-17-15(22(23)24)16(19-10-20-17)21-12-7-3-2-6-11(12)18/h2-10H,1H3,(H,19,20,21). The lowest BCUT2D eigenvalue weighted by Gasteiger charge is -2.11. The molecule has 0 atom stereocenters. The Balaban J connectivity index is 2.01. The topological polar surface area (TPSA) is 99.4 Å². The van der Waals surface area contributed by atoms with Gasteiger partial charge in [0.1, 0.15) is 12.1 Å². The molecule has 3 rings (SSSR count). The second-order valence-electron chi connectivity index (χ2n) is 4.99. The fraction of sp³-hybridized carbons (Fsp3) is 0.0588. The lowest BCUT2D eigenvalue weighted by atomic mass is 10.3. The van der Waals surface area contributed by atoms with E-state index in [1.165, 1.54) is 25.3 Å². The third-order valence-corrected chi connectivity index (χ3v) is 3.37. The summed E-state index contributed by atoms with van der Waals surface area (Å²) in [5.41, 5.74) is -0.487. The summed E-state index contributed by atoms with van der Waals surface area (Å²) in [5, 5.41) is 14.1. The summed E-state index contributed by atoms with van der Waals surface area (Å²) >= 11 is 0. The molecule has 1 N–H and O–H groups in total. The van der Waals surface area contributed by atoms with E-state index in [0.717, 1.165) is 6.33 Å². The van der Waals surface area contributed by atoms with Crippen LogP contribution in [0.3, 0.4) is 0 Å². The second-order valence-corrected chi connectivity index (χ2v) is 4.99. The summed E-state index contributed by atoms with van der Waals surface area (Å²) in [5.74, 6) is -0.446. The Labute approximate surface area is 147 Å². The Morgan fingerprint density at radius 1 is 1.08 bits per heavy atom. The van der Waals surface area contributed by atoms with E-state index >= 15 is 0 Å². The molecule has 0 spiro atoms. The smallest absolute Gasteiger partial charge is 0.373 e. The first-order valence-corrected chi connectivity index (χ1v) is 7.42. The van der Waals surface area contributed by atoms with E-state index in [1.807, 2.05) is 0 Å². The van der Waals surface area contributed by atoms with Crippen molar-refractivity contribution in [2.75, 3.05) is 12.4 Å². The molecular formula is C17H13FN4O4. The number of aromatic nitrogens is 2. The van der Waals surface area contributed by atoms with Gasteiger partial charge in [0.15, 0.2) is 11.5 Å². The molecule has 0 aliphatic heterocycles. The minimum atomic E-state index is -0.700. The maximum atomic E-state index is 13.8. The van der Waals surface area contributed by atoms with Crippen LogP contribution in [0.15, 0.2) is 54.9 Å². The summed E-state index contributed by atoms with van der Waals surface area (Å²) < 4.78 is 24.5. The SMILES string of the molecule is COc1ccccc1Oc1ncnc(Nc2ccccc2F)c1[N+](=O)[O-]. The van der Waals surface area contributed by atoms with E-state index in [-0.39, 0.29) is 23.1 Å². The number of methoxy groups -OCH3 is 1. The van der Waals surface area contributed by atoms with Crippen molar-refractivity contribution in [1.29, 1.82) is 0 Å². The highest BCUT2D eigenvalue weighted by Crippen LogP contribution is 2.38. The number of nitro groups is 1. The number of ether oxygens (including phenoxy) is 2. The molecule has 0 unspecified atom stereocenters. The molecule has 0 bridgehead atoms. The number of nitrogens with one attached hydrogen (secondary N) is 1. The van der Waals surface area contributed by atoms with E-state index in [2.05, 4.69) is 15.3 Å². The summed E-state index contributed by atoms with van der Waals surface area (Å²) in [6.45, 7) is 0. The normalized spacial score (nSPS) is 10.2. The summed E-state index contributed by atoms with van der Waals surface area (Å²) in [6.07, 6.45) is 1.08. The lowest BCUT2D eigenvalue weighted by molar-refractivity contribution is -0.385. The van der Waals surface area contributed by atoms with Crippen LogP contribution in [0.5, 0.6) is 17.4 Å². The highest BCUT2D eigenvalue weighted by molar-refractivity contribution is 5.69. The maximum absolute atomic E-state index is 13.8. The van der Waals surface area contributed by atoms with Crippen LogP contribution in [0.2, 0.25) is 0 Å². The lowest BCUT2D eigenvalue weighted by Crippen LogP contribution is -2.04. The highest BCUT2D eigenvalue weighted by atomic mass is 19.1. The second kappa shape index (κ2) is 7.43. The predicted molar refractivity (Wildman–Crippen MR) is 91.4 cm³/mol. The van der Waals surface area contributed by atoms with Crippen LogP contribution in [-0.2, 0) is 0 Å². The van der Waals surface area contributed by atoms with Gasteiger partial charge in [0.2, 0.25) is 5.82 Å². The average molecular weight is 356 g/mol. The predicted octanol–water partition coefficient (Wildman–Crippen LogP) is 4.07. The first-order valence-electron chi connectivity index (χ1n) is 7.42. The molecule has 0 aliphatic carbocycles. The zero-order chi connectivity index (χ0) is 18.5. The number of halogens is 1. The summed E-state index contributed by atoms with van der Waals surface area (Å²) in [7, 11) is 1.45. The number of hydrogen-bond acceptors (Lipinski definition) is 7. The fourth-order valence-electron chi connectivity index (χ4n) is 2.19. The Bertz CT molecular complexity index is 952. The Morgan fingerprint density at radius 2 is 1.77 bits per heavy atom. The molecule has 0 amide bonds. The molecule has 0 radical (unpaired) electrons. The fourth-order valence-corrected chi connectivity index (χ4v) is 2.19. The number of para-hydroxylation sites is 3. The van der Waals surface area contributed by atoms with Crippen molar-refractivity contribution in [2.45, 2.75) is 0 Å². The monoisotopic (exact) mass is 356 g/mol. The molecule has 2 aromatic carbocycles. The number of benzene rings is 2. The van der Waals surface area contributed by atoms with Gasteiger partial charge >= 0.3 is 11.6 Å². The molecule has 0 aliphatic rings. The van der Waals surface area contributed by atoms with Gasteiger partial charge in [0.25, 0.3) is 0 Å². The molecule has 1 heterocycles. The molecular weight excluding hydrogens is 343 g/mol. The molecule has 0 saturated carbocycles. The first kappa shape index (κ1) is 17.1. The van der Waals surface area contributed by atoms with Crippen molar-refractivity contribution in [1.82, 2.24) is 9.97 Å². The molecule has 0 fully saturated rings. The van der Waals surface area contributed by atoms with Crippen LogP contribution >= 0.6 is 0 Å². The van der Waals surface area contributed by atoms with Crippen molar-refractivity contribution < 1.29 is 18.8 Å². The van der Waals surface area contributed by atoms with E-state index < -0.39 is 16.4 Å². The summed E-state index contributed by atoms with van der Waals surface area (Å²) in [6, 6.07) is 12.4. The van der Waals surface area contributed by atoms with E-state index in [9.17, 15) is 14.5 Å². The van der Waals surface area contributed by atoms with Crippen LogP contribution < -0.4 is 14.8 Å². The first-order chi connectivity index (χ1) is 12.6. The quantitative estimate of drug-likeness (QED) is 0.525. The van der Waals surface area contributed by atoms with E-state index in [1.54, 1.807) is 30.3 Å². The third kappa shape index (κ3) is 3.51. The largest absolute Gasteiger partial charge is 0.493 e. The van der Waals surface area contributed by atoms with Crippen molar-refractivity contribution in [3.05, 3.63) is 70.8 Å². The van der Waals surface area contributed by atoms with Gasteiger partial charge in [-0.15, -0.1) is 0 Å².